The Kier molecular flexibility index (Phi) is 5.76. The van der Waals surface area contributed by atoms with E-state index in [1.54, 1.807) is 0 Å². The molecule has 2 atom stereocenters. The van der Waals surface area contributed by atoms with Crippen LogP contribution in [0.5, 0.6) is 0 Å². The molecule has 1 aliphatic rings. The zero-order chi connectivity index (χ0) is 19.4. The molecule has 3 heteroatoms. The maximum absolute atomic E-state index is 6.76. The third-order valence-corrected chi connectivity index (χ3v) is 8.03. The third-order valence-electron chi connectivity index (χ3n) is 5.68. The van der Waals surface area contributed by atoms with Crippen LogP contribution in [0.4, 0.5) is 0 Å². The van der Waals surface area contributed by atoms with Gasteiger partial charge in [0.25, 0.3) is 9.04 Å². The fourth-order valence-electron chi connectivity index (χ4n) is 4.33. The lowest BCUT2D eigenvalue weighted by Gasteiger charge is -2.40. The van der Waals surface area contributed by atoms with Crippen LogP contribution in [0.25, 0.3) is 0 Å². The summed E-state index contributed by atoms with van der Waals surface area (Å²) in [5, 5.41) is 2.63. The summed E-state index contributed by atoms with van der Waals surface area (Å²) >= 11 is 0. The SMILES string of the molecule is CC(C[N+]1(C)CCc2ccccc2C1)O[Si](c1ccccc1)c1ccccc1. The van der Waals surface area contributed by atoms with Crippen LogP contribution >= 0.6 is 0 Å². The summed E-state index contributed by atoms with van der Waals surface area (Å²) in [6.45, 7) is 5.58. The lowest BCUT2D eigenvalue weighted by atomic mass is 9.98. The molecule has 0 spiro atoms. The van der Waals surface area contributed by atoms with Crippen LogP contribution in [0.2, 0.25) is 0 Å². The molecule has 28 heavy (non-hydrogen) atoms. The molecule has 0 N–H and O–H groups in total. The van der Waals surface area contributed by atoms with Gasteiger partial charge in [0.05, 0.1) is 19.7 Å². The van der Waals surface area contributed by atoms with E-state index in [2.05, 4.69) is 98.9 Å². The molecule has 4 rings (SSSR count). The first-order valence-corrected chi connectivity index (χ1v) is 11.6. The lowest BCUT2D eigenvalue weighted by Crippen LogP contribution is -2.54. The molecule has 143 valence electrons. The molecule has 2 nitrogen and oxygen atoms in total. The first kappa shape index (κ1) is 19.1. The van der Waals surface area contributed by atoms with Crippen LogP contribution < -0.4 is 10.4 Å². The normalized spacial score (nSPS) is 20.0. The number of quaternary nitrogens is 1. The maximum Gasteiger partial charge on any atom is 0.283 e. The van der Waals surface area contributed by atoms with E-state index in [0.717, 1.165) is 24.0 Å². The van der Waals surface area contributed by atoms with Crippen LogP contribution in [0.3, 0.4) is 0 Å². The van der Waals surface area contributed by atoms with Gasteiger partial charge in [0.1, 0.15) is 13.1 Å². The third kappa shape index (κ3) is 4.44. The number of likely N-dealkylation sites (N-methyl/N-ethyl adjacent to an activating group) is 1. The highest BCUT2D eigenvalue weighted by Gasteiger charge is 2.32. The van der Waals surface area contributed by atoms with Gasteiger partial charge in [0.2, 0.25) is 0 Å². The van der Waals surface area contributed by atoms with E-state index in [1.165, 1.54) is 28.0 Å². The van der Waals surface area contributed by atoms with Gasteiger partial charge in [-0.1, -0.05) is 84.9 Å². The molecule has 3 aromatic rings. The smallest absolute Gasteiger partial charge is 0.283 e. The second-order valence-electron chi connectivity index (χ2n) is 8.19. The molecule has 1 heterocycles. The molecule has 1 radical (unpaired) electrons. The molecule has 0 aliphatic carbocycles. The van der Waals surface area contributed by atoms with Gasteiger partial charge in [-0.05, 0) is 22.9 Å². The average molecular weight is 388 g/mol. The fraction of sp³-hybridized carbons (Fsp3) is 0.280. The highest BCUT2D eigenvalue weighted by molar-refractivity contribution is 6.80. The summed E-state index contributed by atoms with van der Waals surface area (Å²) in [5.41, 5.74) is 3.02. The predicted molar refractivity (Wildman–Crippen MR) is 118 cm³/mol. The van der Waals surface area contributed by atoms with Crippen molar-refractivity contribution in [3.8, 4) is 0 Å². The Bertz CT molecular complexity index is 859. The Labute approximate surface area is 170 Å². The van der Waals surface area contributed by atoms with E-state index in [0.29, 0.717) is 0 Å². The monoisotopic (exact) mass is 387 g/mol. The number of hydrogen-bond acceptors (Lipinski definition) is 1. The topological polar surface area (TPSA) is 9.23 Å². The van der Waals surface area contributed by atoms with Crippen molar-refractivity contribution < 1.29 is 8.91 Å². The van der Waals surface area contributed by atoms with Crippen molar-refractivity contribution >= 4 is 19.4 Å². The number of rotatable bonds is 6. The summed E-state index contributed by atoms with van der Waals surface area (Å²) in [6.07, 6.45) is 1.37. The Morgan fingerprint density at radius 2 is 1.36 bits per heavy atom. The predicted octanol–water partition coefficient (Wildman–Crippen LogP) is 3.40. The van der Waals surface area contributed by atoms with Gasteiger partial charge in [0, 0.05) is 12.0 Å². The minimum Gasteiger partial charge on any atom is -0.399 e. The number of fused-ring (bicyclic) bond motifs is 1. The first-order chi connectivity index (χ1) is 13.6. The van der Waals surface area contributed by atoms with Gasteiger partial charge < -0.3 is 8.91 Å². The van der Waals surface area contributed by atoms with Crippen molar-refractivity contribution in [2.75, 3.05) is 20.1 Å². The van der Waals surface area contributed by atoms with Gasteiger partial charge in [-0.3, -0.25) is 0 Å². The van der Waals surface area contributed by atoms with Crippen LogP contribution in [-0.2, 0) is 17.4 Å². The largest absolute Gasteiger partial charge is 0.399 e. The van der Waals surface area contributed by atoms with Crippen molar-refractivity contribution in [3.63, 3.8) is 0 Å². The molecule has 0 amide bonds. The van der Waals surface area contributed by atoms with Gasteiger partial charge in [0.15, 0.2) is 0 Å². The highest BCUT2D eigenvalue weighted by atomic mass is 28.3. The Balaban J connectivity index is 1.50. The molecule has 0 aromatic heterocycles. The second kappa shape index (κ2) is 8.44. The maximum atomic E-state index is 6.76. The molecular weight excluding hydrogens is 358 g/mol. The molecular formula is C25H29NOSi+. The summed E-state index contributed by atoms with van der Waals surface area (Å²) < 4.78 is 7.82. The van der Waals surface area contributed by atoms with Gasteiger partial charge in [-0.25, -0.2) is 0 Å². The zero-order valence-electron chi connectivity index (χ0n) is 16.8. The minimum absolute atomic E-state index is 0.213. The van der Waals surface area contributed by atoms with Crippen molar-refractivity contribution in [1.82, 2.24) is 0 Å². The summed E-state index contributed by atoms with van der Waals surface area (Å²) in [5.74, 6) is 0. The summed E-state index contributed by atoms with van der Waals surface area (Å²) in [7, 11) is 1.14. The molecule has 1 aliphatic heterocycles. The average Bonchev–Trinajstić information content (AvgIpc) is 2.73. The van der Waals surface area contributed by atoms with Crippen LogP contribution in [0, 0.1) is 0 Å². The number of benzene rings is 3. The van der Waals surface area contributed by atoms with E-state index in [1.807, 2.05) is 0 Å². The van der Waals surface area contributed by atoms with E-state index in [4.69, 9.17) is 4.43 Å². The van der Waals surface area contributed by atoms with Gasteiger partial charge in [-0.15, -0.1) is 0 Å². The number of hydrogen-bond donors (Lipinski definition) is 0. The van der Waals surface area contributed by atoms with Crippen molar-refractivity contribution in [2.45, 2.75) is 26.0 Å². The zero-order valence-corrected chi connectivity index (χ0v) is 17.8. The fourth-order valence-corrected chi connectivity index (χ4v) is 6.41. The number of nitrogens with zero attached hydrogens (tertiary/aromatic N) is 1. The molecule has 0 saturated carbocycles. The molecule has 2 unspecified atom stereocenters. The van der Waals surface area contributed by atoms with Crippen molar-refractivity contribution in [1.29, 1.82) is 0 Å². The van der Waals surface area contributed by atoms with Crippen LogP contribution in [0.1, 0.15) is 18.1 Å². The minimum atomic E-state index is -1.25. The second-order valence-corrected chi connectivity index (χ2v) is 10.2. The van der Waals surface area contributed by atoms with E-state index in [9.17, 15) is 0 Å². The van der Waals surface area contributed by atoms with Crippen LogP contribution in [0.15, 0.2) is 84.9 Å². The lowest BCUT2D eigenvalue weighted by molar-refractivity contribution is -0.926. The highest BCUT2D eigenvalue weighted by Crippen LogP contribution is 2.24. The Morgan fingerprint density at radius 1 is 0.821 bits per heavy atom. The van der Waals surface area contributed by atoms with Crippen molar-refractivity contribution in [2.24, 2.45) is 0 Å². The van der Waals surface area contributed by atoms with E-state index >= 15 is 0 Å². The first-order valence-electron chi connectivity index (χ1n) is 10.2. The molecule has 3 aromatic carbocycles. The Morgan fingerprint density at radius 3 is 1.96 bits per heavy atom. The molecule has 0 bridgehead atoms. The van der Waals surface area contributed by atoms with Crippen LogP contribution in [-0.4, -0.2) is 39.8 Å². The quantitative estimate of drug-likeness (QED) is 0.465. The van der Waals surface area contributed by atoms with E-state index < -0.39 is 9.04 Å². The van der Waals surface area contributed by atoms with Gasteiger partial charge >= 0.3 is 0 Å². The summed E-state index contributed by atoms with van der Waals surface area (Å²) in [4.78, 5) is 0. The molecule has 0 fully saturated rings. The van der Waals surface area contributed by atoms with E-state index in [-0.39, 0.29) is 6.10 Å². The Hall–Kier alpha value is -2.20. The molecule has 0 saturated heterocycles. The summed E-state index contributed by atoms with van der Waals surface area (Å²) in [6, 6.07) is 30.4. The van der Waals surface area contributed by atoms with Gasteiger partial charge in [-0.2, -0.15) is 0 Å². The standard InChI is InChI=1S/C25H29NOSi/c1-21(19-26(2)18-17-22-11-9-10-12-23(22)20-26)27-28(24-13-5-3-6-14-24)25-15-7-4-8-16-25/h3-16,21H,17-20H2,1-2H3/q+1. The van der Waals surface area contributed by atoms with Crippen molar-refractivity contribution in [3.05, 3.63) is 96.1 Å².